The van der Waals surface area contributed by atoms with Crippen LogP contribution < -0.4 is 5.32 Å². The molecule has 2 heterocycles. The number of likely N-dealkylation sites (N-methyl/N-ethyl adjacent to an activating group) is 1. The minimum atomic E-state index is 0.502. The van der Waals surface area contributed by atoms with E-state index in [9.17, 15) is 0 Å². The van der Waals surface area contributed by atoms with Gasteiger partial charge in [0.05, 0.1) is 0 Å². The van der Waals surface area contributed by atoms with Crippen molar-refractivity contribution in [1.29, 1.82) is 0 Å². The van der Waals surface area contributed by atoms with E-state index in [1.165, 1.54) is 38.0 Å². The Kier molecular flexibility index (Phi) is 9.24. The van der Waals surface area contributed by atoms with Crippen LogP contribution in [-0.2, 0) is 0 Å². The first-order valence-electron chi connectivity index (χ1n) is 10.8. The molecule has 4 nitrogen and oxygen atoms in total. The van der Waals surface area contributed by atoms with E-state index in [1.807, 2.05) is 0 Å². The van der Waals surface area contributed by atoms with Gasteiger partial charge in [-0.05, 0) is 66.7 Å². The summed E-state index contributed by atoms with van der Waals surface area (Å²) in [4.78, 5) is 7.47. The molecular formula is C23H42N4. The van der Waals surface area contributed by atoms with Crippen molar-refractivity contribution >= 4 is 0 Å². The molecule has 1 N–H and O–H groups in total. The van der Waals surface area contributed by atoms with Gasteiger partial charge in [-0.3, -0.25) is 9.80 Å². The lowest BCUT2D eigenvalue weighted by molar-refractivity contribution is 0.109. The molecule has 3 rings (SSSR count). The van der Waals surface area contributed by atoms with Gasteiger partial charge in [0.2, 0.25) is 0 Å². The predicted octanol–water partition coefficient (Wildman–Crippen LogP) is 3.46. The number of hydrogen-bond acceptors (Lipinski definition) is 4. The van der Waals surface area contributed by atoms with Gasteiger partial charge >= 0.3 is 0 Å². The Labute approximate surface area is 167 Å². The number of likely N-dealkylation sites (tertiary alicyclic amines) is 1. The maximum atomic E-state index is 3.58. The summed E-state index contributed by atoms with van der Waals surface area (Å²) < 4.78 is 0. The summed E-state index contributed by atoms with van der Waals surface area (Å²) in [7, 11) is 4.38. The van der Waals surface area contributed by atoms with Gasteiger partial charge in [0.25, 0.3) is 0 Å². The van der Waals surface area contributed by atoms with E-state index in [4.69, 9.17) is 0 Å². The number of piperidine rings is 1. The van der Waals surface area contributed by atoms with Gasteiger partial charge < -0.3 is 10.2 Å². The summed E-state index contributed by atoms with van der Waals surface area (Å²) in [5.74, 6) is 0. The molecule has 1 aromatic rings. The van der Waals surface area contributed by atoms with Crippen LogP contribution >= 0.6 is 0 Å². The lowest BCUT2D eigenvalue weighted by atomic mass is 10.0. The summed E-state index contributed by atoms with van der Waals surface area (Å²) in [6.07, 6.45) is 2.73. The Morgan fingerprint density at radius 3 is 2.15 bits per heavy atom. The molecule has 0 aromatic heterocycles. The van der Waals surface area contributed by atoms with Crippen molar-refractivity contribution in [3.8, 4) is 0 Å². The van der Waals surface area contributed by atoms with Gasteiger partial charge in [0, 0.05) is 50.3 Å². The first-order valence-corrected chi connectivity index (χ1v) is 10.8. The zero-order valence-corrected chi connectivity index (χ0v) is 18.5. The van der Waals surface area contributed by atoms with Gasteiger partial charge in [-0.2, -0.15) is 0 Å². The van der Waals surface area contributed by atoms with Gasteiger partial charge in [-0.25, -0.2) is 0 Å². The third-order valence-corrected chi connectivity index (χ3v) is 6.03. The number of hydrogen-bond donors (Lipinski definition) is 1. The van der Waals surface area contributed by atoms with Crippen LogP contribution in [0.3, 0.4) is 0 Å². The van der Waals surface area contributed by atoms with E-state index in [1.54, 1.807) is 0 Å². The normalized spacial score (nSPS) is 24.9. The average Bonchev–Trinajstić information content (AvgIpc) is 2.69. The van der Waals surface area contributed by atoms with E-state index >= 15 is 0 Å². The summed E-state index contributed by atoms with van der Waals surface area (Å²) >= 11 is 0. The molecule has 0 bridgehead atoms. The molecule has 2 aliphatic heterocycles. The topological polar surface area (TPSA) is 21.8 Å². The zero-order valence-electron chi connectivity index (χ0n) is 18.5. The Morgan fingerprint density at radius 2 is 1.56 bits per heavy atom. The van der Waals surface area contributed by atoms with Crippen LogP contribution in [0.4, 0.5) is 0 Å². The number of nitrogens with zero attached hydrogens (tertiary/aromatic N) is 3. The highest BCUT2D eigenvalue weighted by atomic mass is 15.2. The van der Waals surface area contributed by atoms with Crippen LogP contribution in [0.2, 0.25) is 0 Å². The summed E-state index contributed by atoms with van der Waals surface area (Å²) in [5.41, 5.74) is 1.41. The summed E-state index contributed by atoms with van der Waals surface area (Å²) in [5, 5.41) is 3.58. The number of benzene rings is 1. The van der Waals surface area contributed by atoms with Crippen molar-refractivity contribution in [3.63, 3.8) is 0 Å². The van der Waals surface area contributed by atoms with Crippen molar-refractivity contribution < 1.29 is 0 Å². The van der Waals surface area contributed by atoms with E-state index in [-0.39, 0.29) is 0 Å². The number of nitrogens with one attached hydrogen (secondary N) is 1. The number of piperazine rings is 1. The van der Waals surface area contributed by atoms with Crippen molar-refractivity contribution in [2.24, 2.45) is 0 Å². The summed E-state index contributed by atoms with van der Waals surface area (Å²) in [6, 6.07) is 13.4. The molecule has 0 spiro atoms. The molecule has 1 aromatic carbocycles. The Morgan fingerprint density at radius 1 is 0.926 bits per heavy atom. The molecule has 2 unspecified atom stereocenters. The zero-order chi connectivity index (χ0) is 19.8. The highest BCUT2D eigenvalue weighted by Gasteiger charge is 2.23. The largest absolute Gasteiger partial charge is 0.308 e. The molecule has 2 aliphatic rings. The standard InChI is InChI=1S/C13H20N2.C10H22N2/c1-11(2)15-9-8-14-13(10-15)12-6-4-3-5-7-12;1-9(2)12-7-5-6-10(8-12)11(3)4/h3-7,11,13-14H,8-10H2,1-2H3;9-10H,5-8H2,1-4H3. The van der Waals surface area contributed by atoms with E-state index < -0.39 is 0 Å². The maximum Gasteiger partial charge on any atom is 0.0449 e. The predicted molar refractivity (Wildman–Crippen MR) is 117 cm³/mol. The smallest absolute Gasteiger partial charge is 0.0449 e. The second-order valence-electron chi connectivity index (χ2n) is 8.85. The molecule has 0 radical (unpaired) electrons. The van der Waals surface area contributed by atoms with Crippen LogP contribution in [-0.4, -0.2) is 79.6 Å². The van der Waals surface area contributed by atoms with Gasteiger partial charge in [-0.1, -0.05) is 30.3 Å². The van der Waals surface area contributed by atoms with Crippen molar-refractivity contribution in [2.45, 2.75) is 64.7 Å². The first kappa shape index (κ1) is 22.4. The highest BCUT2D eigenvalue weighted by molar-refractivity contribution is 5.19. The first-order chi connectivity index (χ1) is 12.9. The maximum absolute atomic E-state index is 3.58. The SMILES string of the molecule is CC(C)N1CCCC(N(C)C)C1.CC(C)N1CCNC(c2ccccc2)C1. The van der Waals surface area contributed by atoms with Crippen LogP contribution in [0, 0.1) is 0 Å². The molecule has 0 amide bonds. The fraction of sp³-hybridized carbons (Fsp3) is 0.739. The fourth-order valence-electron chi connectivity index (χ4n) is 4.02. The third-order valence-electron chi connectivity index (χ3n) is 6.03. The van der Waals surface area contributed by atoms with Crippen molar-refractivity contribution in [2.75, 3.05) is 46.8 Å². The lowest BCUT2D eigenvalue weighted by Crippen LogP contribution is -2.48. The molecule has 2 fully saturated rings. The van der Waals surface area contributed by atoms with Gasteiger partial charge in [0.1, 0.15) is 0 Å². The molecule has 2 atom stereocenters. The minimum absolute atomic E-state index is 0.502. The minimum Gasteiger partial charge on any atom is -0.308 e. The molecule has 154 valence electrons. The van der Waals surface area contributed by atoms with Crippen molar-refractivity contribution in [3.05, 3.63) is 35.9 Å². The van der Waals surface area contributed by atoms with Crippen LogP contribution in [0.5, 0.6) is 0 Å². The van der Waals surface area contributed by atoms with E-state index in [0.717, 1.165) is 19.1 Å². The summed E-state index contributed by atoms with van der Waals surface area (Å²) in [6.45, 7) is 15.1. The van der Waals surface area contributed by atoms with Gasteiger partial charge in [-0.15, -0.1) is 0 Å². The Bertz CT molecular complexity index is 500. The Hall–Kier alpha value is -0.940. The van der Waals surface area contributed by atoms with Crippen LogP contribution in [0.25, 0.3) is 0 Å². The van der Waals surface area contributed by atoms with E-state index in [2.05, 4.69) is 92.1 Å². The molecule has 0 aliphatic carbocycles. The lowest BCUT2D eigenvalue weighted by Gasteiger charge is -2.38. The third kappa shape index (κ3) is 7.19. The van der Waals surface area contributed by atoms with E-state index in [0.29, 0.717) is 18.1 Å². The quantitative estimate of drug-likeness (QED) is 0.871. The second kappa shape index (κ2) is 11.2. The molecule has 27 heavy (non-hydrogen) atoms. The molecule has 0 saturated carbocycles. The molecule has 2 saturated heterocycles. The van der Waals surface area contributed by atoms with Crippen molar-refractivity contribution in [1.82, 2.24) is 20.0 Å². The number of rotatable bonds is 4. The highest BCUT2D eigenvalue weighted by Crippen LogP contribution is 2.18. The Balaban J connectivity index is 0.000000199. The second-order valence-corrected chi connectivity index (χ2v) is 8.85. The monoisotopic (exact) mass is 374 g/mol. The molecule has 4 heteroatoms. The molecular weight excluding hydrogens is 332 g/mol. The fourth-order valence-corrected chi connectivity index (χ4v) is 4.02. The van der Waals surface area contributed by atoms with Crippen LogP contribution in [0.15, 0.2) is 30.3 Å². The van der Waals surface area contributed by atoms with Gasteiger partial charge in [0.15, 0.2) is 0 Å². The average molecular weight is 375 g/mol. The van der Waals surface area contributed by atoms with Crippen LogP contribution in [0.1, 0.15) is 52.1 Å².